The number of aryl methyl sites for hydroxylation is 3. The Hall–Kier alpha value is -0.960. The minimum Gasteiger partial charge on any atom is -0.215 e. The first kappa shape index (κ1) is 19.1. The smallest absolute Gasteiger partial charge is 0.215 e. The highest BCUT2D eigenvalue weighted by Gasteiger charge is 2.19. The van der Waals surface area contributed by atoms with Gasteiger partial charge in [-0.1, -0.05) is 17.7 Å². The van der Waals surface area contributed by atoms with Gasteiger partial charge in [0.15, 0.2) is 0 Å². The molecule has 22 heavy (non-hydrogen) atoms. The molecule has 1 aromatic carbocycles. The van der Waals surface area contributed by atoms with Gasteiger partial charge in [0.1, 0.15) is 0 Å². The van der Waals surface area contributed by atoms with E-state index in [-0.39, 0.29) is 18.8 Å². The third-order valence-electron chi connectivity index (χ3n) is 3.22. The van der Waals surface area contributed by atoms with Crippen LogP contribution in [0.2, 0.25) is 0 Å². The summed E-state index contributed by atoms with van der Waals surface area (Å²) in [6, 6.07) is 3.66. The van der Waals surface area contributed by atoms with Crippen molar-refractivity contribution in [1.29, 1.82) is 0 Å². The van der Waals surface area contributed by atoms with E-state index in [0.29, 0.717) is 22.4 Å². The molecular weight excluding hydrogens is 324 g/mol. The number of hydrogen-bond donors (Lipinski definition) is 2. The molecule has 0 amide bonds. The molecule has 1 aromatic rings. The summed E-state index contributed by atoms with van der Waals surface area (Å²) < 4.78 is 52.1. The van der Waals surface area contributed by atoms with Crippen molar-refractivity contribution < 1.29 is 16.8 Å². The minimum absolute atomic E-state index is 0.0144. The summed E-state index contributed by atoms with van der Waals surface area (Å²) in [6.07, 6.45) is 0.391. The summed E-state index contributed by atoms with van der Waals surface area (Å²) in [4.78, 5) is 0.298. The molecule has 8 heteroatoms. The Kier molecular flexibility index (Phi) is 6.54. The molecule has 2 N–H and O–H groups in total. The Bertz CT molecular complexity index is 702. The summed E-state index contributed by atoms with van der Waals surface area (Å²) in [7, 11) is -6.82. The van der Waals surface area contributed by atoms with E-state index < -0.39 is 20.0 Å². The van der Waals surface area contributed by atoms with Crippen LogP contribution in [-0.2, 0) is 20.0 Å². The maximum absolute atomic E-state index is 12.4. The van der Waals surface area contributed by atoms with E-state index in [2.05, 4.69) is 9.44 Å². The van der Waals surface area contributed by atoms with Gasteiger partial charge in [0, 0.05) is 13.1 Å². The molecule has 0 aliphatic heterocycles. The lowest BCUT2D eigenvalue weighted by Crippen LogP contribution is -2.31. The van der Waals surface area contributed by atoms with E-state index in [1.165, 1.54) is 0 Å². The fraction of sp³-hybridized carbons (Fsp3) is 0.571. The number of benzene rings is 1. The van der Waals surface area contributed by atoms with Crippen molar-refractivity contribution in [2.45, 2.75) is 39.0 Å². The molecule has 0 unspecified atom stereocenters. The molecule has 126 valence electrons. The van der Waals surface area contributed by atoms with Crippen molar-refractivity contribution in [2.24, 2.45) is 0 Å². The molecule has 0 heterocycles. The third kappa shape index (κ3) is 5.35. The van der Waals surface area contributed by atoms with Gasteiger partial charge in [-0.15, -0.1) is 0 Å². The summed E-state index contributed by atoms with van der Waals surface area (Å²) >= 11 is 0. The molecule has 0 radical (unpaired) electrons. The summed E-state index contributed by atoms with van der Waals surface area (Å²) in [5, 5.41) is 0. The van der Waals surface area contributed by atoms with Gasteiger partial charge in [-0.3, -0.25) is 0 Å². The monoisotopic (exact) mass is 348 g/mol. The first-order chi connectivity index (χ1) is 10.1. The van der Waals surface area contributed by atoms with Crippen LogP contribution in [0.5, 0.6) is 0 Å². The van der Waals surface area contributed by atoms with Crippen molar-refractivity contribution in [3.05, 3.63) is 28.8 Å². The fourth-order valence-corrected chi connectivity index (χ4v) is 4.47. The van der Waals surface area contributed by atoms with Crippen LogP contribution >= 0.6 is 0 Å². The molecule has 0 spiro atoms. The minimum atomic E-state index is -3.59. The standard InChI is InChI=1S/C14H24N2O4S2/c1-5-21(17,18)15-7-6-8-16-22(19,20)14-12(3)9-11(2)10-13(14)4/h9-10,15-16H,5-8H2,1-4H3. The number of nitrogens with one attached hydrogen (secondary N) is 2. The van der Waals surface area contributed by atoms with Crippen molar-refractivity contribution in [2.75, 3.05) is 18.8 Å². The van der Waals surface area contributed by atoms with Gasteiger partial charge in [-0.2, -0.15) is 0 Å². The van der Waals surface area contributed by atoms with Crippen molar-refractivity contribution >= 4 is 20.0 Å². The van der Waals surface area contributed by atoms with E-state index in [1.807, 2.05) is 19.1 Å². The van der Waals surface area contributed by atoms with Crippen LogP contribution in [0.15, 0.2) is 17.0 Å². The Morgan fingerprint density at radius 2 is 1.41 bits per heavy atom. The SMILES string of the molecule is CCS(=O)(=O)NCCCNS(=O)(=O)c1c(C)cc(C)cc1C. The van der Waals surface area contributed by atoms with Gasteiger partial charge in [-0.25, -0.2) is 26.3 Å². The molecule has 1 rings (SSSR count). The topological polar surface area (TPSA) is 92.3 Å². The maximum Gasteiger partial charge on any atom is 0.241 e. The number of sulfonamides is 2. The van der Waals surface area contributed by atoms with Crippen LogP contribution in [0.25, 0.3) is 0 Å². The predicted octanol–water partition coefficient (Wildman–Crippen LogP) is 1.22. The van der Waals surface area contributed by atoms with E-state index in [4.69, 9.17) is 0 Å². The molecular formula is C14H24N2O4S2. The first-order valence-electron chi connectivity index (χ1n) is 7.14. The van der Waals surface area contributed by atoms with Gasteiger partial charge in [0.2, 0.25) is 20.0 Å². The number of hydrogen-bond acceptors (Lipinski definition) is 4. The van der Waals surface area contributed by atoms with E-state index in [9.17, 15) is 16.8 Å². The quantitative estimate of drug-likeness (QED) is 0.691. The van der Waals surface area contributed by atoms with Crippen LogP contribution in [0.3, 0.4) is 0 Å². The summed E-state index contributed by atoms with van der Waals surface area (Å²) in [5.74, 6) is 0.0144. The Morgan fingerprint density at radius 3 is 1.91 bits per heavy atom. The van der Waals surface area contributed by atoms with Gasteiger partial charge >= 0.3 is 0 Å². The average molecular weight is 348 g/mol. The lowest BCUT2D eigenvalue weighted by molar-refractivity contribution is 0.572. The molecule has 0 fully saturated rings. The Labute approximate surface area is 133 Å². The van der Waals surface area contributed by atoms with Gasteiger partial charge < -0.3 is 0 Å². The van der Waals surface area contributed by atoms with Crippen LogP contribution in [0.1, 0.15) is 30.0 Å². The number of rotatable bonds is 8. The summed E-state index contributed by atoms with van der Waals surface area (Å²) in [6.45, 7) is 7.40. The molecule has 6 nitrogen and oxygen atoms in total. The highest BCUT2D eigenvalue weighted by molar-refractivity contribution is 7.89. The second-order valence-electron chi connectivity index (χ2n) is 5.28. The Morgan fingerprint density at radius 1 is 0.909 bits per heavy atom. The zero-order valence-corrected chi connectivity index (χ0v) is 15.1. The molecule has 0 saturated carbocycles. The summed E-state index contributed by atoms with van der Waals surface area (Å²) in [5.41, 5.74) is 2.43. The van der Waals surface area contributed by atoms with Crippen molar-refractivity contribution in [3.8, 4) is 0 Å². The maximum atomic E-state index is 12.4. The molecule has 0 aliphatic carbocycles. The van der Waals surface area contributed by atoms with Gasteiger partial charge in [-0.05, 0) is 45.2 Å². The van der Waals surface area contributed by atoms with Crippen LogP contribution in [-0.4, -0.2) is 35.7 Å². The van der Waals surface area contributed by atoms with Crippen LogP contribution < -0.4 is 9.44 Å². The zero-order valence-electron chi connectivity index (χ0n) is 13.4. The van der Waals surface area contributed by atoms with Crippen LogP contribution in [0.4, 0.5) is 0 Å². The van der Waals surface area contributed by atoms with Gasteiger partial charge in [0.25, 0.3) is 0 Å². The predicted molar refractivity (Wildman–Crippen MR) is 87.9 cm³/mol. The van der Waals surface area contributed by atoms with E-state index in [0.717, 1.165) is 5.56 Å². The molecule has 0 aliphatic rings. The average Bonchev–Trinajstić information content (AvgIpc) is 2.36. The van der Waals surface area contributed by atoms with Crippen LogP contribution in [0, 0.1) is 20.8 Å². The highest BCUT2D eigenvalue weighted by atomic mass is 32.2. The van der Waals surface area contributed by atoms with E-state index in [1.54, 1.807) is 20.8 Å². The zero-order chi connectivity index (χ0) is 17.0. The lowest BCUT2D eigenvalue weighted by atomic mass is 10.1. The second kappa shape index (κ2) is 7.54. The second-order valence-corrected chi connectivity index (χ2v) is 9.08. The Balaban J connectivity index is 2.66. The van der Waals surface area contributed by atoms with Gasteiger partial charge in [0.05, 0.1) is 10.6 Å². The largest absolute Gasteiger partial charge is 0.241 e. The molecule has 0 saturated heterocycles. The fourth-order valence-electron chi connectivity index (χ4n) is 2.29. The molecule has 0 aromatic heterocycles. The normalized spacial score (nSPS) is 12.5. The van der Waals surface area contributed by atoms with E-state index >= 15 is 0 Å². The highest BCUT2D eigenvalue weighted by Crippen LogP contribution is 2.21. The van der Waals surface area contributed by atoms with Crippen molar-refractivity contribution in [1.82, 2.24) is 9.44 Å². The molecule has 0 bridgehead atoms. The first-order valence-corrected chi connectivity index (χ1v) is 10.3. The van der Waals surface area contributed by atoms with Crippen molar-refractivity contribution in [3.63, 3.8) is 0 Å². The third-order valence-corrected chi connectivity index (χ3v) is 6.39. The molecule has 0 atom stereocenters. The lowest BCUT2D eigenvalue weighted by Gasteiger charge is -2.13.